The van der Waals surface area contributed by atoms with Crippen molar-refractivity contribution in [2.75, 3.05) is 0 Å². The predicted molar refractivity (Wildman–Crippen MR) is 58.5 cm³/mol. The Labute approximate surface area is 86.5 Å². The fraction of sp³-hybridized carbons (Fsp3) is 0.636. The van der Waals surface area contributed by atoms with Crippen LogP contribution in [0.4, 0.5) is 0 Å². The average molecular weight is 196 g/mol. The summed E-state index contributed by atoms with van der Waals surface area (Å²) < 4.78 is 5.43. The Morgan fingerprint density at radius 3 is 1.86 bits per heavy atom. The van der Waals surface area contributed by atoms with Gasteiger partial charge in [-0.3, -0.25) is 0 Å². The minimum Gasteiger partial charge on any atom is -0.458 e. The summed E-state index contributed by atoms with van der Waals surface area (Å²) in [5.41, 5.74) is 0.811. The molecule has 3 heteroatoms. The van der Waals surface area contributed by atoms with Crippen molar-refractivity contribution in [1.82, 2.24) is 9.97 Å². The molecule has 0 unspecified atom stereocenters. The summed E-state index contributed by atoms with van der Waals surface area (Å²) in [6.07, 6.45) is 3.49. The van der Waals surface area contributed by atoms with E-state index < -0.39 is 0 Å². The van der Waals surface area contributed by atoms with Crippen molar-refractivity contribution in [2.45, 2.75) is 47.1 Å². The molecule has 0 aliphatic rings. The molecule has 1 aromatic rings. The van der Waals surface area contributed by atoms with Gasteiger partial charge in [-0.2, -0.15) is 0 Å². The molecule has 0 aliphatic carbocycles. The van der Waals surface area contributed by atoms with Crippen molar-refractivity contribution >= 4 is 0 Å². The van der Waals surface area contributed by atoms with Gasteiger partial charge in [0.15, 0.2) is 0 Å². The van der Waals surface area contributed by atoms with E-state index in [4.69, 9.17) is 4.74 Å². The summed E-state index contributed by atoms with van der Waals surface area (Å²) in [5.74, 6) is 0. The van der Waals surface area contributed by atoms with Gasteiger partial charge in [-0.15, -0.1) is 0 Å². The highest BCUT2D eigenvalue weighted by Gasteiger charge is 2.12. The molecule has 1 heterocycles. The molecule has 0 aromatic carbocycles. The summed E-state index contributed by atoms with van der Waals surface area (Å²) in [5, 5.41) is 0. The van der Waals surface area contributed by atoms with E-state index in [9.17, 15) is 0 Å². The second-order valence-electron chi connectivity index (χ2n) is 3.76. The zero-order valence-corrected chi connectivity index (χ0v) is 9.96. The smallest absolute Gasteiger partial charge is 0.316 e. The first-order valence-corrected chi connectivity index (χ1v) is 4.95. The van der Waals surface area contributed by atoms with Crippen molar-refractivity contribution in [2.24, 2.45) is 0 Å². The molecule has 0 bridgehead atoms. The van der Waals surface area contributed by atoms with Crippen molar-refractivity contribution < 1.29 is 4.74 Å². The van der Waals surface area contributed by atoms with Crippen LogP contribution in [0.5, 0.6) is 6.01 Å². The zero-order valence-electron chi connectivity index (χ0n) is 9.96. The molecule has 14 heavy (non-hydrogen) atoms. The van der Waals surface area contributed by atoms with Gasteiger partial charge in [0.05, 0.1) is 0 Å². The number of rotatable bonds is 1. The first-order valence-electron chi connectivity index (χ1n) is 4.95. The minimum absolute atomic E-state index is 0.227. The summed E-state index contributed by atoms with van der Waals surface area (Å²) >= 11 is 0. The van der Waals surface area contributed by atoms with Gasteiger partial charge in [0.2, 0.25) is 0 Å². The van der Waals surface area contributed by atoms with E-state index in [0.717, 1.165) is 5.56 Å². The number of nitrogens with zero attached hydrogens (tertiary/aromatic N) is 2. The van der Waals surface area contributed by atoms with Gasteiger partial charge >= 0.3 is 6.01 Å². The molecule has 0 amide bonds. The van der Waals surface area contributed by atoms with Crippen LogP contribution in [0, 0.1) is 6.92 Å². The van der Waals surface area contributed by atoms with E-state index in [1.54, 1.807) is 12.4 Å². The first-order chi connectivity index (χ1) is 6.47. The van der Waals surface area contributed by atoms with Crippen LogP contribution >= 0.6 is 0 Å². The molecule has 0 fully saturated rings. The highest BCUT2D eigenvalue weighted by Crippen LogP contribution is 2.11. The number of hydrogen-bond acceptors (Lipinski definition) is 3. The van der Waals surface area contributed by atoms with Crippen LogP contribution in [-0.4, -0.2) is 15.6 Å². The van der Waals surface area contributed by atoms with E-state index in [2.05, 4.69) is 9.97 Å². The Kier molecular flexibility index (Phi) is 5.13. The third-order valence-corrected chi connectivity index (χ3v) is 1.15. The normalized spacial score (nSPS) is 10.1. The highest BCUT2D eigenvalue weighted by atomic mass is 16.5. The van der Waals surface area contributed by atoms with E-state index in [1.165, 1.54) is 0 Å². The van der Waals surface area contributed by atoms with Crippen LogP contribution in [-0.2, 0) is 0 Å². The van der Waals surface area contributed by atoms with E-state index in [-0.39, 0.29) is 5.60 Å². The quantitative estimate of drug-likeness (QED) is 0.692. The summed E-state index contributed by atoms with van der Waals surface area (Å²) in [4.78, 5) is 8.06. The van der Waals surface area contributed by atoms with Gasteiger partial charge in [-0.1, -0.05) is 13.8 Å². The average Bonchev–Trinajstić information content (AvgIpc) is 2.10. The standard InChI is InChI=1S/C9H14N2O.C2H6/c1-7-5-10-8(11-6-7)12-9(2,3)4;1-2/h5-6H,1-4H3;1-2H3. The molecule has 0 saturated heterocycles. The molecule has 1 rings (SSSR count). The molecule has 0 radical (unpaired) electrons. The van der Waals surface area contributed by atoms with Crippen LogP contribution in [0.2, 0.25) is 0 Å². The van der Waals surface area contributed by atoms with Crippen LogP contribution in [0.1, 0.15) is 40.2 Å². The SMILES string of the molecule is CC.Cc1cnc(OC(C)(C)C)nc1. The number of ether oxygens (including phenoxy) is 1. The third-order valence-electron chi connectivity index (χ3n) is 1.15. The van der Waals surface area contributed by atoms with Crippen molar-refractivity contribution in [3.8, 4) is 6.01 Å². The highest BCUT2D eigenvalue weighted by molar-refractivity contribution is 5.05. The van der Waals surface area contributed by atoms with Gasteiger partial charge in [0.25, 0.3) is 0 Å². The molecule has 0 saturated carbocycles. The molecule has 80 valence electrons. The molecule has 0 atom stereocenters. The fourth-order valence-corrected chi connectivity index (χ4v) is 0.707. The molecule has 0 N–H and O–H groups in total. The maximum absolute atomic E-state index is 5.43. The second kappa shape index (κ2) is 5.58. The van der Waals surface area contributed by atoms with Crippen LogP contribution in [0.15, 0.2) is 12.4 Å². The van der Waals surface area contributed by atoms with Gasteiger partial charge in [0, 0.05) is 12.4 Å². The van der Waals surface area contributed by atoms with Gasteiger partial charge in [-0.05, 0) is 33.3 Å². The lowest BCUT2D eigenvalue weighted by Crippen LogP contribution is -2.24. The Morgan fingerprint density at radius 2 is 1.50 bits per heavy atom. The van der Waals surface area contributed by atoms with Crippen LogP contribution in [0.3, 0.4) is 0 Å². The largest absolute Gasteiger partial charge is 0.458 e. The Hall–Kier alpha value is -1.12. The van der Waals surface area contributed by atoms with E-state index in [1.807, 2.05) is 41.5 Å². The first kappa shape index (κ1) is 12.9. The Bertz CT molecular complexity index is 249. The van der Waals surface area contributed by atoms with Crippen LogP contribution in [0.25, 0.3) is 0 Å². The van der Waals surface area contributed by atoms with Gasteiger partial charge in [0.1, 0.15) is 5.60 Å². The monoisotopic (exact) mass is 196 g/mol. The Morgan fingerprint density at radius 1 is 1.07 bits per heavy atom. The van der Waals surface area contributed by atoms with E-state index in [0.29, 0.717) is 6.01 Å². The Balaban J connectivity index is 0.000000791. The third kappa shape index (κ3) is 5.51. The van der Waals surface area contributed by atoms with Crippen LogP contribution < -0.4 is 4.74 Å². The summed E-state index contributed by atoms with van der Waals surface area (Å²) in [6, 6.07) is 0.438. The number of hydrogen-bond donors (Lipinski definition) is 0. The fourth-order valence-electron chi connectivity index (χ4n) is 0.707. The zero-order chi connectivity index (χ0) is 11.2. The number of aromatic nitrogens is 2. The van der Waals surface area contributed by atoms with Gasteiger partial charge < -0.3 is 4.74 Å². The maximum Gasteiger partial charge on any atom is 0.316 e. The van der Waals surface area contributed by atoms with E-state index >= 15 is 0 Å². The molecule has 3 nitrogen and oxygen atoms in total. The minimum atomic E-state index is -0.227. The lowest BCUT2D eigenvalue weighted by Gasteiger charge is -2.18. The van der Waals surface area contributed by atoms with Crippen molar-refractivity contribution in [3.05, 3.63) is 18.0 Å². The van der Waals surface area contributed by atoms with Crippen molar-refractivity contribution in [1.29, 1.82) is 0 Å². The molecule has 0 aliphatic heterocycles. The predicted octanol–water partition coefficient (Wildman–Crippen LogP) is 2.99. The summed E-state index contributed by atoms with van der Waals surface area (Å²) in [7, 11) is 0. The van der Waals surface area contributed by atoms with Gasteiger partial charge in [-0.25, -0.2) is 9.97 Å². The number of aryl methyl sites for hydroxylation is 1. The second-order valence-corrected chi connectivity index (χ2v) is 3.76. The molecule has 0 spiro atoms. The lowest BCUT2D eigenvalue weighted by molar-refractivity contribution is 0.116. The topological polar surface area (TPSA) is 35.0 Å². The molecule has 1 aromatic heterocycles. The lowest BCUT2D eigenvalue weighted by atomic mass is 10.2. The maximum atomic E-state index is 5.43. The molecular weight excluding hydrogens is 176 g/mol. The molecular formula is C11H20N2O. The summed E-state index contributed by atoms with van der Waals surface area (Å²) in [6.45, 7) is 11.9. The van der Waals surface area contributed by atoms with Crippen molar-refractivity contribution in [3.63, 3.8) is 0 Å².